The van der Waals surface area contributed by atoms with E-state index in [1.807, 2.05) is 0 Å². The molecule has 3 rings (SSSR count). The molecule has 0 unspecified atom stereocenters. The monoisotopic (exact) mass is 389 g/mol. The number of fused-ring (bicyclic) bond motifs is 2. The molecule has 0 N–H and O–H groups in total. The number of nitrogens with zero attached hydrogens (tertiary/aromatic N) is 3. The molecular weight excluding hydrogens is 346 g/mol. The average molecular weight is 390 g/mol. The molecule has 0 bridgehead atoms. The third-order valence-corrected chi connectivity index (χ3v) is 7.39. The summed E-state index contributed by atoms with van der Waals surface area (Å²) in [6.07, 6.45) is 11.9. The molecule has 1 fully saturated rings. The van der Waals surface area contributed by atoms with Crippen molar-refractivity contribution in [1.29, 1.82) is 0 Å². The highest BCUT2D eigenvalue weighted by atomic mass is 16.5. The summed E-state index contributed by atoms with van der Waals surface area (Å²) in [5.74, 6) is 2.45. The summed E-state index contributed by atoms with van der Waals surface area (Å²) in [6.45, 7) is 14.6. The first kappa shape index (κ1) is 21.8. The highest BCUT2D eigenvalue weighted by Crippen LogP contribution is 2.53. The van der Waals surface area contributed by atoms with E-state index in [4.69, 9.17) is 4.74 Å². The first-order chi connectivity index (χ1) is 13.3. The highest BCUT2D eigenvalue weighted by molar-refractivity contribution is 5.17. The van der Waals surface area contributed by atoms with Gasteiger partial charge in [-0.1, -0.05) is 45.2 Å². The van der Waals surface area contributed by atoms with E-state index in [-0.39, 0.29) is 11.1 Å². The second-order valence-electron chi connectivity index (χ2n) is 10.3. The molecule has 160 valence electrons. The minimum atomic E-state index is 0.0275. The van der Waals surface area contributed by atoms with Crippen molar-refractivity contribution in [3.8, 4) is 0 Å². The predicted molar refractivity (Wildman–Crippen MR) is 116 cm³/mol. The molecule has 3 atom stereocenters. The second-order valence-corrected chi connectivity index (χ2v) is 10.3. The Morgan fingerprint density at radius 2 is 1.54 bits per heavy atom. The molecule has 0 radical (unpaired) electrons. The molecule has 28 heavy (non-hydrogen) atoms. The first-order valence-electron chi connectivity index (χ1n) is 11.9. The van der Waals surface area contributed by atoms with Crippen molar-refractivity contribution >= 4 is 0 Å². The number of aryl methyl sites for hydroxylation is 1. The van der Waals surface area contributed by atoms with E-state index in [9.17, 15) is 0 Å². The van der Waals surface area contributed by atoms with E-state index in [1.165, 1.54) is 56.3 Å². The van der Waals surface area contributed by atoms with Gasteiger partial charge in [0.15, 0.2) is 0 Å². The Balaban J connectivity index is 1.66. The van der Waals surface area contributed by atoms with E-state index in [2.05, 4.69) is 56.5 Å². The molecule has 0 amide bonds. The first-order valence-corrected chi connectivity index (χ1v) is 11.9. The van der Waals surface area contributed by atoms with Crippen LogP contribution in [0.1, 0.15) is 104 Å². The topological polar surface area (TPSA) is 39.9 Å². The molecule has 4 heteroatoms. The van der Waals surface area contributed by atoms with Crippen LogP contribution in [0.15, 0.2) is 0 Å². The molecular formula is C24H43N3O. The van der Waals surface area contributed by atoms with Gasteiger partial charge in [0.2, 0.25) is 0 Å². The Morgan fingerprint density at radius 1 is 0.929 bits per heavy atom. The summed E-state index contributed by atoms with van der Waals surface area (Å²) in [5.41, 5.74) is 2.86. The summed E-state index contributed by atoms with van der Waals surface area (Å²) in [4.78, 5) is 0. The van der Waals surface area contributed by atoms with Crippen LogP contribution >= 0.6 is 0 Å². The Kier molecular flexibility index (Phi) is 6.89. The van der Waals surface area contributed by atoms with Crippen LogP contribution in [0.5, 0.6) is 0 Å². The third kappa shape index (κ3) is 4.63. The quantitative estimate of drug-likeness (QED) is 0.498. The maximum atomic E-state index is 6.33. The fourth-order valence-corrected chi connectivity index (χ4v) is 5.86. The van der Waals surface area contributed by atoms with Crippen LogP contribution in [0, 0.1) is 17.8 Å². The standard InChI is InChI=1S/C24H43N3O/c1-7-14-23(4,5)28-17-20-18-10-12-21-22(13-11-19(18)20)27(26-25-21)24(6,15-8-2)16-9-3/h18-20H,7-17H2,1-6H3/t18-,19+,20-/m0/s1. The van der Waals surface area contributed by atoms with Crippen molar-refractivity contribution in [3.05, 3.63) is 11.4 Å². The minimum absolute atomic E-state index is 0.0275. The normalized spacial score (nSPS) is 25.0. The van der Waals surface area contributed by atoms with Gasteiger partial charge in [-0.2, -0.15) is 0 Å². The van der Waals surface area contributed by atoms with Gasteiger partial charge in [0.05, 0.1) is 29.1 Å². The number of ether oxygens (including phenoxy) is 1. The van der Waals surface area contributed by atoms with Crippen molar-refractivity contribution in [1.82, 2.24) is 15.0 Å². The second kappa shape index (κ2) is 8.85. The third-order valence-electron chi connectivity index (χ3n) is 7.39. The van der Waals surface area contributed by atoms with E-state index in [1.54, 1.807) is 0 Å². The van der Waals surface area contributed by atoms with Crippen LogP contribution < -0.4 is 0 Å². The van der Waals surface area contributed by atoms with Crippen LogP contribution in [0.4, 0.5) is 0 Å². The van der Waals surface area contributed by atoms with Crippen molar-refractivity contribution in [2.24, 2.45) is 17.8 Å². The lowest BCUT2D eigenvalue weighted by Crippen LogP contribution is -2.33. The summed E-state index contributed by atoms with van der Waals surface area (Å²) < 4.78 is 8.66. The zero-order valence-corrected chi connectivity index (χ0v) is 19.3. The summed E-state index contributed by atoms with van der Waals surface area (Å²) in [7, 11) is 0. The van der Waals surface area contributed by atoms with E-state index in [0.29, 0.717) is 0 Å². The highest BCUT2D eigenvalue weighted by Gasteiger charge is 2.50. The SMILES string of the molecule is CCCC(C)(C)OC[C@@H]1[C@@H]2CCc3c(nnn3C(C)(CCC)CCC)CC[C@@H]21. The van der Waals surface area contributed by atoms with Crippen LogP contribution in [0.3, 0.4) is 0 Å². The lowest BCUT2D eigenvalue weighted by Gasteiger charge is -2.31. The Bertz CT molecular complexity index is 630. The molecule has 1 saturated carbocycles. The van der Waals surface area contributed by atoms with Crippen LogP contribution in [-0.2, 0) is 23.1 Å². The fourth-order valence-electron chi connectivity index (χ4n) is 5.86. The lowest BCUT2D eigenvalue weighted by molar-refractivity contribution is -0.0322. The molecule has 0 aromatic carbocycles. The number of hydrogen-bond donors (Lipinski definition) is 0. The van der Waals surface area contributed by atoms with Gasteiger partial charge in [-0.05, 0) is 83.5 Å². The predicted octanol–water partition coefficient (Wildman–Crippen LogP) is 5.93. The van der Waals surface area contributed by atoms with Crippen molar-refractivity contribution < 1.29 is 4.74 Å². The maximum absolute atomic E-state index is 6.33. The Morgan fingerprint density at radius 3 is 2.14 bits per heavy atom. The van der Waals surface area contributed by atoms with Gasteiger partial charge in [-0.15, -0.1) is 5.10 Å². The molecule has 1 heterocycles. The zero-order chi connectivity index (χ0) is 20.4. The van der Waals surface area contributed by atoms with E-state index in [0.717, 1.165) is 43.6 Å². The molecule has 0 saturated heterocycles. The molecule has 2 aliphatic rings. The van der Waals surface area contributed by atoms with Gasteiger partial charge in [0.25, 0.3) is 0 Å². The molecule has 2 aliphatic carbocycles. The zero-order valence-electron chi connectivity index (χ0n) is 19.3. The fraction of sp³-hybridized carbons (Fsp3) is 0.917. The Labute approximate surface area is 172 Å². The van der Waals surface area contributed by atoms with Crippen LogP contribution in [0.2, 0.25) is 0 Å². The summed E-state index contributed by atoms with van der Waals surface area (Å²) in [5, 5.41) is 9.34. The number of aromatic nitrogens is 3. The molecule has 1 aromatic rings. The van der Waals surface area contributed by atoms with E-state index >= 15 is 0 Å². The van der Waals surface area contributed by atoms with E-state index < -0.39 is 0 Å². The molecule has 1 aromatic heterocycles. The van der Waals surface area contributed by atoms with Crippen molar-refractivity contribution in [2.45, 2.75) is 117 Å². The van der Waals surface area contributed by atoms with Gasteiger partial charge >= 0.3 is 0 Å². The average Bonchev–Trinajstić information content (AvgIpc) is 3.10. The summed E-state index contributed by atoms with van der Waals surface area (Å²) >= 11 is 0. The number of rotatable bonds is 10. The van der Waals surface area contributed by atoms with Crippen molar-refractivity contribution in [2.75, 3.05) is 6.61 Å². The summed E-state index contributed by atoms with van der Waals surface area (Å²) in [6, 6.07) is 0. The smallest absolute Gasteiger partial charge is 0.0859 e. The Hall–Kier alpha value is -0.900. The van der Waals surface area contributed by atoms with Gasteiger partial charge in [-0.3, -0.25) is 0 Å². The van der Waals surface area contributed by atoms with Gasteiger partial charge in [-0.25, -0.2) is 4.68 Å². The lowest BCUT2D eigenvalue weighted by atomic mass is 9.90. The van der Waals surface area contributed by atoms with Crippen LogP contribution in [-0.4, -0.2) is 27.2 Å². The van der Waals surface area contributed by atoms with Gasteiger partial charge in [0.1, 0.15) is 0 Å². The van der Waals surface area contributed by atoms with Gasteiger partial charge in [0, 0.05) is 0 Å². The van der Waals surface area contributed by atoms with Crippen molar-refractivity contribution in [3.63, 3.8) is 0 Å². The van der Waals surface area contributed by atoms with Gasteiger partial charge < -0.3 is 4.74 Å². The largest absolute Gasteiger partial charge is 0.375 e. The minimum Gasteiger partial charge on any atom is -0.375 e. The maximum Gasteiger partial charge on any atom is 0.0859 e. The molecule has 4 nitrogen and oxygen atoms in total. The number of hydrogen-bond acceptors (Lipinski definition) is 3. The molecule has 0 aliphatic heterocycles. The van der Waals surface area contributed by atoms with Crippen LogP contribution in [0.25, 0.3) is 0 Å². The molecule has 0 spiro atoms.